The van der Waals surface area contributed by atoms with Gasteiger partial charge in [0.1, 0.15) is 11.9 Å². The standard InChI is InChI=1S/C14H18O3/c1-14(2,3)11-6-4-5-9-7-10(8-12(15)16)17-13(9)11/h4-6,10H,7-8H2,1-3H3,(H,15,16). The van der Waals surface area contributed by atoms with Gasteiger partial charge in [-0.15, -0.1) is 0 Å². The Bertz CT molecular complexity index is 443. The lowest BCUT2D eigenvalue weighted by Crippen LogP contribution is -2.19. The number of aliphatic carboxylic acids is 1. The van der Waals surface area contributed by atoms with Crippen LogP contribution < -0.4 is 4.74 Å². The van der Waals surface area contributed by atoms with Crippen molar-refractivity contribution in [3.63, 3.8) is 0 Å². The van der Waals surface area contributed by atoms with Gasteiger partial charge in [-0.2, -0.15) is 0 Å². The summed E-state index contributed by atoms with van der Waals surface area (Å²) in [7, 11) is 0. The number of fused-ring (bicyclic) bond motifs is 1. The molecule has 0 saturated heterocycles. The molecule has 1 atom stereocenters. The third-order valence-corrected chi connectivity index (χ3v) is 3.04. The molecule has 0 amide bonds. The number of para-hydroxylation sites is 1. The van der Waals surface area contributed by atoms with Gasteiger partial charge in [-0.1, -0.05) is 39.0 Å². The number of ether oxygens (including phenoxy) is 1. The molecule has 0 spiro atoms. The average molecular weight is 234 g/mol. The highest BCUT2D eigenvalue weighted by molar-refractivity contribution is 5.68. The summed E-state index contributed by atoms with van der Waals surface area (Å²) in [6.07, 6.45) is 0.551. The molecule has 92 valence electrons. The molecule has 0 aliphatic carbocycles. The number of hydrogen-bond donors (Lipinski definition) is 1. The van der Waals surface area contributed by atoms with Crippen LogP contribution in [-0.4, -0.2) is 17.2 Å². The molecule has 1 aliphatic rings. The summed E-state index contributed by atoms with van der Waals surface area (Å²) < 4.78 is 5.79. The minimum absolute atomic E-state index is 0.0173. The summed E-state index contributed by atoms with van der Waals surface area (Å²) in [6, 6.07) is 6.10. The van der Waals surface area contributed by atoms with Gasteiger partial charge in [0, 0.05) is 6.42 Å². The first-order chi connectivity index (χ1) is 7.88. The second-order valence-electron chi connectivity index (χ2n) is 5.59. The van der Waals surface area contributed by atoms with Crippen molar-refractivity contribution in [3.8, 4) is 5.75 Å². The molecule has 0 bridgehead atoms. The Labute approximate surface area is 101 Å². The average Bonchev–Trinajstić information content (AvgIpc) is 2.55. The molecular formula is C14H18O3. The number of carboxylic acid groups (broad SMARTS) is 1. The first kappa shape index (κ1) is 12.0. The first-order valence-electron chi connectivity index (χ1n) is 5.89. The van der Waals surface area contributed by atoms with E-state index in [4.69, 9.17) is 9.84 Å². The number of carbonyl (C=O) groups is 1. The Kier molecular flexibility index (Phi) is 2.86. The number of benzene rings is 1. The van der Waals surface area contributed by atoms with E-state index in [2.05, 4.69) is 26.8 Å². The van der Waals surface area contributed by atoms with Crippen molar-refractivity contribution in [1.82, 2.24) is 0 Å². The molecule has 1 aromatic carbocycles. The van der Waals surface area contributed by atoms with Crippen LogP contribution in [0.5, 0.6) is 5.75 Å². The van der Waals surface area contributed by atoms with E-state index in [-0.39, 0.29) is 17.9 Å². The van der Waals surface area contributed by atoms with E-state index in [1.165, 1.54) is 0 Å². The molecule has 3 nitrogen and oxygen atoms in total. The summed E-state index contributed by atoms with van der Waals surface area (Å²) >= 11 is 0. The molecule has 3 heteroatoms. The molecule has 0 radical (unpaired) electrons. The van der Waals surface area contributed by atoms with Crippen LogP contribution in [0.3, 0.4) is 0 Å². The van der Waals surface area contributed by atoms with Gasteiger partial charge < -0.3 is 9.84 Å². The Balaban J connectivity index is 2.29. The summed E-state index contributed by atoms with van der Waals surface area (Å²) in [5.41, 5.74) is 2.30. The SMILES string of the molecule is CC(C)(C)c1cccc2c1OC(CC(=O)O)C2. The summed E-state index contributed by atoms with van der Waals surface area (Å²) in [5, 5.41) is 8.80. The fourth-order valence-electron chi connectivity index (χ4n) is 2.24. The Morgan fingerprint density at radius 2 is 2.18 bits per heavy atom. The van der Waals surface area contributed by atoms with E-state index in [0.717, 1.165) is 16.9 Å². The van der Waals surface area contributed by atoms with Gasteiger partial charge in [-0.3, -0.25) is 4.79 Å². The zero-order valence-corrected chi connectivity index (χ0v) is 10.5. The van der Waals surface area contributed by atoms with Crippen molar-refractivity contribution in [2.75, 3.05) is 0 Å². The number of carboxylic acids is 1. The first-order valence-corrected chi connectivity index (χ1v) is 5.89. The largest absolute Gasteiger partial charge is 0.489 e. The van der Waals surface area contributed by atoms with E-state index in [1.807, 2.05) is 12.1 Å². The van der Waals surface area contributed by atoms with Crippen molar-refractivity contribution < 1.29 is 14.6 Å². The fourth-order valence-corrected chi connectivity index (χ4v) is 2.24. The Morgan fingerprint density at radius 1 is 1.47 bits per heavy atom. The normalized spacial score (nSPS) is 18.6. The number of hydrogen-bond acceptors (Lipinski definition) is 2. The van der Waals surface area contributed by atoms with E-state index in [0.29, 0.717) is 6.42 Å². The van der Waals surface area contributed by atoms with Crippen molar-refractivity contribution in [2.45, 2.75) is 45.1 Å². The quantitative estimate of drug-likeness (QED) is 0.855. The molecular weight excluding hydrogens is 216 g/mol. The number of rotatable bonds is 2. The third-order valence-electron chi connectivity index (χ3n) is 3.04. The van der Waals surface area contributed by atoms with Gasteiger partial charge in [-0.25, -0.2) is 0 Å². The molecule has 1 unspecified atom stereocenters. The zero-order chi connectivity index (χ0) is 12.6. The van der Waals surface area contributed by atoms with Gasteiger partial charge in [0.15, 0.2) is 0 Å². The summed E-state index contributed by atoms with van der Waals surface area (Å²) in [6.45, 7) is 6.41. The Hall–Kier alpha value is -1.51. The van der Waals surface area contributed by atoms with Crippen LogP contribution in [0.15, 0.2) is 18.2 Å². The highest BCUT2D eigenvalue weighted by Crippen LogP contribution is 2.39. The van der Waals surface area contributed by atoms with Crippen LogP contribution in [0.2, 0.25) is 0 Å². The smallest absolute Gasteiger partial charge is 0.307 e. The van der Waals surface area contributed by atoms with Gasteiger partial charge in [0.05, 0.1) is 6.42 Å². The van der Waals surface area contributed by atoms with Gasteiger partial charge in [0.2, 0.25) is 0 Å². The Morgan fingerprint density at radius 3 is 2.76 bits per heavy atom. The predicted molar refractivity (Wildman–Crippen MR) is 65.5 cm³/mol. The van der Waals surface area contributed by atoms with Gasteiger partial charge in [0.25, 0.3) is 0 Å². The van der Waals surface area contributed by atoms with Crippen LogP contribution in [0, 0.1) is 0 Å². The summed E-state index contributed by atoms with van der Waals surface area (Å²) in [5.74, 6) is 0.0892. The van der Waals surface area contributed by atoms with E-state index >= 15 is 0 Å². The predicted octanol–water partition coefficient (Wildman–Crippen LogP) is 2.76. The second kappa shape index (κ2) is 4.06. The van der Waals surface area contributed by atoms with Crippen LogP contribution >= 0.6 is 0 Å². The van der Waals surface area contributed by atoms with Crippen molar-refractivity contribution >= 4 is 5.97 Å². The van der Waals surface area contributed by atoms with Crippen LogP contribution in [0.1, 0.15) is 38.3 Å². The lowest BCUT2D eigenvalue weighted by molar-refractivity contribution is -0.138. The summed E-state index contributed by atoms with van der Waals surface area (Å²) in [4.78, 5) is 10.7. The highest BCUT2D eigenvalue weighted by Gasteiger charge is 2.30. The molecule has 1 aromatic rings. The lowest BCUT2D eigenvalue weighted by Gasteiger charge is -2.22. The minimum atomic E-state index is -0.805. The maximum absolute atomic E-state index is 10.7. The van der Waals surface area contributed by atoms with E-state index < -0.39 is 5.97 Å². The van der Waals surface area contributed by atoms with Crippen LogP contribution in [0.4, 0.5) is 0 Å². The molecule has 17 heavy (non-hydrogen) atoms. The molecule has 1 heterocycles. The van der Waals surface area contributed by atoms with E-state index in [9.17, 15) is 4.79 Å². The second-order valence-corrected chi connectivity index (χ2v) is 5.59. The molecule has 0 saturated carbocycles. The third kappa shape index (κ3) is 2.43. The van der Waals surface area contributed by atoms with Crippen LogP contribution in [0.25, 0.3) is 0 Å². The zero-order valence-electron chi connectivity index (χ0n) is 10.5. The van der Waals surface area contributed by atoms with Gasteiger partial charge >= 0.3 is 5.97 Å². The van der Waals surface area contributed by atoms with Crippen molar-refractivity contribution in [3.05, 3.63) is 29.3 Å². The fraction of sp³-hybridized carbons (Fsp3) is 0.500. The molecule has 0 fully saturated rings. The van der Waals surface area contributed by atoms with Gasteiger partial charge in [-0.05, 0) is 16.5 Å². The highest BCUT2D eigenvalue weighted by atomic mass is 16.5. The monoisotopic (exact) mass is 234 g/mol. The van der Waals surface area contributed by atoms with Crippen molar-refractivity contribution in [2.24, 2.45) is 0 Å². The minimum Gasteiger partial charge on any atom is -0.489 e. The maximum Gasteiger partial charge on any atom is 0.307 e. The van der Waals surface area contributed by atoms with Crippen molar-refractivity contribution in [1.29, 1.82) is 0 Å². The molecule has 1 aliphatic heterocycles. The maximum atomic E-state index is 10.7. The van der Waals surface area contributed by atoms with Crippen LogP contribution in [-0.2, 0) is 16.6 Å². The van der Waals surface area contributed by atoms with E-state index in [1.54, 1.807) is 0 Å². The molecule has 1 N–H and O–H groups in total. The topological polar surface area (TPSA) is 46.5 Å². The molecule has 2 rings (SSSR count). The lowest BCUT2D eigenvalue weighted by atomic mass is 9.85. The molecule has 0 aromatic heterocycles.